The molecule has 11 heteroatoms. The fraction of sp³-hybridized carbons (Fsp3) is 0.552. The Morgan fingerprint density at radius 2 is 1.75 bits per heavy atom. The topological polar surface area (TPSA) is 110 Å². The molecular formula is C29H40N6O4S. The largest absolute Gasteiger partial charge is 0.473 e. The Morgan fingerprint density at radius 1 is 1.07 bits per heavy atom. The molecule has 40 heavy (non-hydrogen) atoms. The number of hydrogen-bond acceptors (Lipinski definition) is 8. The van der Waals surface area contributed by atoms with Gasteiger partial charge in [-0.2, -0.15) is 0 Å². The number of nitrogens with zero attached hydrogens (tertiary/aromatic N) is 5. The van der Waals surface area contributed by atoms with Crippen molar-refractivity contribution in [3.8, 4) is 17.0 Å². The second kappa shape index (κ2) is 11.8. The predicted octanol–water partition coefficient (Wildman–Crippen LogP) is 3.83. The number of rotatable bonds is 8. The maximum absolute atomic E-state index is 13.0. The molecule has 5 rings (SSSR count). The van der Waals surface area contributed by atoms with Gasteiger partial charge in [-0.15, -0.1) is 5.10 Å². The van der Waals surface area contributed by atoms with Crippen LogP contribution in [0, 0.1) is 0 Å². The SMILES string of the molecule is CC(C)Oc1nn(C2CCCCC2)c2nc(C(=O)NS(C)(=O)=O)cc(-c3ccc(CN4CCN(C)CC4)cc3)c12. The normalized spacial score (nSPS) is 17.9. The zero-order chi connectivity index (χ0) is 28.4. The minimum absolute atomic E-state index is 0.0301. The number of pyridine rings is 1. The van der Waals surface area contributed by atoms with Crippen molar-refractivity contribution >= 4 is 27.0 Å². The Morgan fingerprint density at radius 3 is 2.38 bits per heavy atom. The minimum Gasteiger partial charge on any atom is -0.473 e. The van der Waals surface area contributed by atoms with Crippen molar-refractivity contribution in [2.45, 2.75) is 64.6 Å². The van der Waals surface area contributed by atoms with E-state index in [1.54, 1.807) is 6.07 Å². The quantitative estimate of drug-likeness (QED) is 0.437. The molecule has 0 radical (unpaired) electrons. The van der Waals surface area contributed by atoms with Gasteiger partial charge in [-0.3, -0.25) is 9.69 Å². The van der Waals surface area contributed by atoms with Gasteiger partial charge in [-0.1, -0.05) is 43.5 Å². The van der Waals surface area contributed by atoms with Crippen LogP contribution in [0.1, 0.15) is 68.0 Å². The highest BCUT2D eigenvalue weighted by molar-refractivity contribution is 7.89. The molecule has 0 atom stereocenters. The van der Waals surface area contributed by atoms with Crippen molar-refractivity contribution in [1.29, 1.82) is 0 Å². The van der Waals surface area contributed by atoms with Gasteiger partial charge < -0.3 is 9.64 Å². The summed E-state index contributed by atoms with van der Waals surface area (Å²) in [5, 5.41) is 5.62. The molecule has 2 aliphatic rings. The van der Waals surface area contributed by atoms with Crippen molar-refractivity contribution in [3.63, 3.8) is 0 Å². The maximum Gasteiger partial charge on any atom is 0.283 e. The second-order valence-electron chi connectivity index (χ2n) is 11.4. The van der Waals surface area contributed by atoms with Crippen molar-refractivity contribution in [2.24, 2.45) is 0 Å². The lowest BCUT2D eigenvalue weighted by molar-refractivity contribution is 0.0977. The number of nitrogens with one attached hydrogen (secondary N) is 1. The molecule has 2 fully saturated rings. The summed E-state index contributed by atoms with van der Waals surface area (Å²) in [6, 6.07) is 10.1. The number of aromatic nitrogens is 3. The monoisotopic (exact) mass is 568 g/mol. The molecule has 1 saturated carbocycles. The van der Waals surface area contributed by atoms with Gasteiger partial charge in [-0.25, -0.2) is 22.8 Å². The third kappa shape index (κ3) is 6.64. The molecular weight excluding hydrogens is 528 g/mol. The van der Waals surface area contributed by atoms with E-state index in [0.29, 0.717) is 11.5 Å². The first kappa shape index (κ1) is 28.5. The smallest absolute Gasteiger partial charge is 0.283 e. The highest BCUT2D eigenvalue weighted by atomic mass is 32.2. The molecule has 1 saturated heterocycles. The highest BCUT2D eigenvalue weighted by Gasteiger charge is 2.27. The lowest BCUT2D eigenvalue weighted by Crippen LogP contribution is -2.43. The Bertz CT molecular complexity index is 1450. The standard InChI is InChI=1S/C29H40N6O4S/c1-20(2)39-29-26-24(22-12-10-21(11-13-22)19-34-16-14-33(3)15-17-34)18-25(28(36)32-40(4,37)38)30-27(26)35(31-29)23-8-6-5-7-9-23/h10-13,18,20,23H,5-9,14-17,19H2,1-4H3,(H,32,36). The number of piperazine rings is 1. The Kier molecular flexibility index (Phi) is 8.44. The zero-order valence-corrected chi connectivity index (χ0v) is 24.7. The molecule has 2 aromatic heterocycles. The molecule has 3 aromatic rings. The number of amides is 1. The molecule has 216 valence electrons. The molecule has 0 bridgehead atoms. The summed E-state index contributed by atoms with van der Waals surface area (Å²) < 4.78 is 33.9. The van der Waals surface area contributed by atoms with Crippen LogP contribution in [0.25, 0.3) is 22.2 Å². The number of fused-ring (bicyclic) bond motifs is 1. The van der Waals surface area contributed by atoms with E-state index in [1.165, 1.54) is 12.0 Å². The first-order chi connectivity index (χ1) is 19.1. The van der Waals surface area contributed by atoms with Crippen LogP contribution in [0.15, 0.2) is 30.3 Å². The van der Waals surface area contributed by atoms with E-state index in [2.05, 4.69) is 50.8 Å². The molecule has 3 heterocycles. The third-order valence-corrected chi connectivity index (χ3v) is 8.23. The van der Waals surface area contributed by atoms with Gasteiger partial charge in [-0.05, 0) is 50.9 Å². The van der Waals surface area contributed by atoms with E-state index in [4.69, 9.17) is 9.84 Å². The summed E-state index contributed by atoms with van der Waals surface area (Å²) in [5.74, 6) is -0.283. The molecule has 0 spiro atoms. The summed E-state index contributed by atoms with van der Waals surface area (Å²) in [7, 11) is -1.61. The average molecular weight is 569 g/mol. The van der Waals surface area contributed by atoms with E-state index in [-0.39, 0.29) is 17.8 Å². The van der Waals surface area contributed by atoms with Crippen molar-refractivity contribution < 1.29 is 17.9 Å². The number of likely N-dealkylation sites (N-methyl/N-ethyl adjacent to an activating group) is 1. The first-order valence-corrected chi connectivity index (χ1v) is 16.1. The molecule has 1 amide bonds. The Labute approximate surface area is 236 Å². The molecule has 1 aliphatic carbocycles. The Hall–Kier alpha value is -3.02. The number of carbonyl (C=O) groups is 1. The third-order valence-electron chi connectivity index (χ3n) is 7.68. The number of sulfonamides is 1. The van der Waals surface area contributed by atoms with Crippen LogP contribution < -0.4 is 9.46 Å². The van der Waals surface area contributed by atoms with E-state index in [1.807, 2.05) is 18.5 Å². The first-order valence-electron chi connectivity index (χ1n) is 14.2. The summed E-state index contributed by atoms with van der Waals surface area (Å²) >= 11 is 0. The molecule has 10 nitrogen and oxygen atoms in total. The van der Waals surface area contributed by atoms with Gasteiger partial charge >= 0.3 is 0 Å². The van der Waals surface area contributed by atoms with Crippen molar-refractivity contribution in [2.75, 3.05) is 39.5 Å². The van der Waals surface area contributed by atoms with Gasteiger partial charge in [0.2, 0.25) is 15.9 Å². The number of benzene rings is 1. The highest BCUT2D eigenvalue weighted by Crippen LogP contribution is 2.39. The van der Waals surface area contributed by atoms with Gasteiger partial charge in [0.05, 0.1) is 23.8 Å². The van der Waals surface area contributed by atoms with Crippen LogP contribution in [0.2, 0.25) is 0 Å². The molecule has 1 aliphatic heterocycles. The maximum atomic E-state index is 13.0. The van der Waals surface area contributed by atoms with Crippen LogP contribution in [0.3, 0.4) is 0 Å². The van der Waals surface area contributed by atoms with E-state index in [0.717, 1.165) is 81.2 Å². The zero-order valence-electron chi connectivity index (χ0n) is 23.9. The number of carbonyl (C=O) groups excluding carboxylic acids is 1. The van der Waals surface area contributed by atoms with E-state index < -0.39 is 15.9 Å². The summed E-state index contributed by atoms with van der Waals surface area (Å²) in [6.45, 7) is 9.00. The summed E-state index contributed by atoms with van der Waals surface area (Å²) in [4.78, 5) is 22.5. The molecule has 1 aromatic carbocycles. The lowest BCUT2D eigenvalue weighted by atomic mass is 9.95. The fourth-order valence-corrected chi connectivity index (χ4v) is 6.05. The van der Waals surface area contributed by atoms with Crippen LogP contribution in [-0.4, -0.2) is 84.5 Å². The van der Waals surface area contributed by atoms with E-state index >= 15 is 0 Å². The molecule has 1 N–H and O–H groups in total. The Balaban J connectivity index is 1.60. The van der Waals surface area contributed by atoms with Crippen LogP contribution in [0.4, 0.5) is 0 Å². The number of ether oxygens (including phenoxy) is 1. The fourth-order valence-electron chi connectivity index (χ4n) is 5.61. The van der Waals surface area contributed by atoms with Crippen LogP contribution >= 0.6 is 0 Å². The van der Waals surface area contributed by atoms with Gasteiger partial charge in [0, 0.05) is 38.3 Å². The van der Waals surface area contributed by atoms with Gasteiger partial charge in [0.1, 0.15) is 5.69 Å². The predicted molar refractivity (Wildman–Crippen MR) is 156 cm³/mol. The van der Waals surface area contributed by atoms with E-state index in [9.17, 15) is 13.2 Å². The van der Waals surface area contributed by atoms with Gasteiger partial charge in [0.25, 0.3) is 5.91 Å². The lowest BCUT2D eigenvalue weighted by Gasteiger charge is -2.32. The molecule has 0 unspecified atom stereocenters. The van der Waals surface area contributed by atoms with Crippen molar-refractivity contribution in [1.82, 2.24) is 29.3 Å². The van der Waals surface area contributed by atoms with Crippen molar-refractivity contribution in [3.05, 3.63) is 41.6 Å². The summed E-state index contributed by atoms with van der Waals surface area (Å²) in [5.41, 5.74) is 3.42. The second-order valence-corrected chi connectivity index (χ2v) is 13.2. The van der Waals surface area contributed by atoms with Crippen LogP contribution in [-0.2, 0) is 16.6 Å². The van der Waals surface area contributed by atoms with Crippen LogP contribution in [0.5, 0.6) is 5.88 Å². The summed E-state index contributed by atoms with van der Waals surface area (Å²) in [6.07, 6.45) is 6.18. The average Bonchev–Trinajstić information content (AvgIpc) is 3.27. The van der Waals surface area contributed by atoms with Gasteiger partial charge in [0.15, 0.2) is 5.65 Å². The number of hydrogen-bond donors (Lipinski definition) is 1. The minimum atomic E-state index is -3.76.